The van der Waals surface area contributed by atoms with Gasteiger partial charge in [-0.25, -0.2) is 4.79 Å². The Bertz CT molecular complexity index is 609. The Labute approximate surface area is 135 Å². The van der Waals surface area contributed by atoms with Crippen LogP contribution in [0, 0.1) is 17.0 Å². The predicted octanol–water partition coefficient (Wildman–Crippen LogP) is 3.21. The molecule has 23 heavy (non-hydrogen) atoms. The summed E-state index contributed by atoms with van der Waals surface area (Å²) in [6.07, 6.45) is -0.399. The summed E-state index contributed by atoms with van der Waals surface area (Å²) in [5.41, 5.74) is 1.04. The van der Waals surface area contributed by atoms with Gasteiger partial charge in [-0.2, -0.15) is 0 Å². The van der Waals surface area contributed by atoms with Gasteiger partial charge < -0.3 is 9.47 Å². The molecule has 1 atom stereocenters. The summed E-state index contributed by atoms with van der Waals surface area (Å²) < 4.78 is 11.0. The number of rotatable bonds is 2. The van der Waals surface area contributed by atoms with Gasteiger partial charge in [0.25, 0.3) is 5.69 Å². The van der Waals surface area contributed by atoms with Crippen LogP contribution in [0.3, 0.4) is 0 Å². The monoisotopic (exact) mass is 322 g/mol. The quantitative estimate of drug-likeness (QED) is 0.617. The SMILES string of the molecule is Cc1cc([N+](=O)[O-])ccc1[C@@H]1COCCN1C(=O)OC(C)(C)C. The van der Waals surface area contributed by atoms with E-state index in [0.29, 0.717) is 19.8 Å². The van der Waals surface area contributed by atoms with Crippen LogP contribution >= 0.6 is 0 Å². The molecule has 1 aromatic carbocycles. The molecule has 0 radical (unpaired) electrons. The lowest BCUT2D eigenvalue weighted by molar-refractivity contribution is -0.384. The lowest BCUT2D eigenvalue weighted by atomic mass is 9.99. The molecule has 7 nitrogen and oxygen atoms in total. The number of hydrogen-bond donors (Lipinski definition) is 0. The molecule has 0 unspecified atom stereocenters. The van der Waals surface area contributed by atoms with Gasteiger partial charge in [-0.15, -0.1) is 0 Å². The van der Waals surface area contributed by atoms with E-state index in [1.807, 2.05) is 20.8 Å². The maximum Gasteiger partial charge on any atom is 0.410 e. The van der Waals surface area contributed by atoms with Crippen LogP contribution in [-0.4, -0.2) is 41.3 Å². The Morgan fingerprint density at radius 3 is 2.70 bits per heavy atom. The average Bonchev–Trinajstić information content (AvgIpc) is 2.45. The fraction of sp³-hybridized carbons (Fsp3) is 0.562. The van der Waals surface area contributed by atoms with Crippen molar-refractivity contribution in [3.05, 3.63) is 39.4 Å². The van der Waals surface area contributed by atoms with Crippen LogP contribution in [0.1, 0.15) is 37.9 Å². The summed E-state index contributed by atoms with van der Waals surface area (Å²) in [7, 11) is 0. The van der Waals surface area contributed by atoms with Crippen LogP contribution in [0.2, 0.25) is 0 Å². The largest absolute Gasteiger partial charge is 0.444 e. The smallest absolute Gasteiger partial charge is 0.410 e. The van der Waals surface area contributed by atoms with E-state index in [4.69, 9.17) is 9.47 Å². The lowest BCUT2D eigenvalue weighted by Gasteiger charge is -2.37. The first-order valence-electron chi connectivity index (χ1n) is 7.51. The average molecular weight is 322 g/mol. The van der Waals surface area contributed by atoms with Crippen LogP contribution in [-0.2, 0) is 9.47 Å². The lowest BCUT2D eigenvalue weighted by Crippen LogP contribution is -2.45. The van der Waals surface area contributed by atoms with Gasteiger partial charge in [-0.1, -0.05) is 0 Å². The van der Waals surface area contributed by atoms with Crippen molar-refractivity contribution in [2.45, 2.75) is 39.3 Å². The minimum Gasteiger partial charge on any atom is -0.444 e. The third-order valence-electron chi connectivity index (χ3n) is 3.58. The number of nitro benzene ring substituents is 1. The highest BCUT2D eigenvalue weighted by molar-refractivity contribution is 5.69. The van der Waals surface area contributed by atoms with Gasteiger partial charge in [-0.05, 0) is 44.9 Å². The molecular weight excluding hydrogens is 300 g/mol. The number of carbonyl (C=O) groups is 1. The van der Waals surface area contributed by atoms with Gasteiger partial charge in [0.1, 0.15) is 5.60 Å². The van der Waals surface area contributed by atoms with E-state index in [2.05, 4.69) is 0 Å². The summed E-state index contributed by atoms with van der Waals surface area (Å²) >= 11 is 0. The Morgan fingerprint density at radius 1 is 1.43 bits per heavy atom. The highest BCUT2D eigenvalue weighted by Gasteiger charge is 2.33. The number of non-ortho nitro benzene ring substituents is 1. The van der Waals surface area contributed by atoms with Crippen LogP contribution in [0.5, 0.6) is 0 Å². The summed E-state index contributed by atoms with van der Waals surface area (Å²) in [6.45, 7) is 8.46. The normalized spacial score (nSPS) is 18.6. The first-order chi connectivity index (χ1) is 10.7. The van der Waals surface area contributed by atoms with Crippen LogP contribution in [0.15, 0.2) is 18.2 Å². The molecule has 0 bridgehead atoms. The predicted molar refractivity (Wildman–Crippen MR) is 84.3 cm³/mol. The van der Waals surface area contributed by atoms with E-state index in [0.717, 1.165) is 11.1 Å². The highest BCUT2D eigenvalue weighted by atomic mass is 16.6. The molecule has 1 aliphatic rings. The Hall–Kier alpha value is -2.15. The molecule has 1 fully saturated rings. The molecule has 0 aromatic heterocycles. The van der Waals surface area contributed by atoms with Gasteiger partial charge in [0, 0.05) is 18.7 Å². The van der Waals surface area contributed by atoms with Crippen LogP contribution in [0.25, 0.3) is 0 Å². The van der Waals surface area contributed by atoms with Gasteiger partial charge in [0.05, 0.1) is 24.2 Å². The number of benzene rings is 1. The van der Waals surface area contributed by atoms with Gasteiger partial charge in [-0.3, -0.25) is 15.0 Å². The second kappa shape index (κ2) is 6.54. The summed E-state index contributed by atoms with van der Waals surface area (Å²) in [5.74, 6) is 0. The molecular formula is C16H22N2O5. The number of aryl methyl sites for hydroxylation is 1. The van der Waals surface area contributed by atoms with E-state index in [1.54, 1.807) is 17.9 Å². The zero-order chi connectivity index (χ0) is 17.2. The number of carbonyl (C=O) groups excluding carboxylic acids is 1. The third kappa shape index (κ3) is 4.19. The molecule has 0 N–H and O–H groups in total. The van der Waals surface area contributed by atoms with E-state index in [-0.39, 0.29) is 11.7 Å². The standard InChI is InChI=1S/C16H22N2O5/c1-11-9-12(18(20)21)5-6-13(11)14-10-22-8-7-17(14)15(19)23-16(2,3)4/h5-6,9,14H,7-8,10H2,1-4H3/t14-/m0/s1. The highest BCUT2D eigenvalue weighted by Crippen LogP contribution is 2.30. The topological polar surface area (TPSA) is 81.9 Å². The maximum absolute atomic E-state index is 12.4. The molecule has 1 heterocycles. The summed E-state index contributed by atoms with van der Waals surface area (Å²) in [6, 6.07) is 4.34. The van der Waals surface area contributed by atoms with Gasteiger partial charge in [0.2, 0.25) is 0 Å². The Kier molecular flexibility index (Phi) is 4.89. The van der Waals surface area contributed by atoms with Crippen molar-refractivity contribution in [3.8, 4) is 0 Å². The fourth-order valence-electron chi connectivity index (χ4n) is 2.55. The van der Waals surface area contributed by atoms with Crippen molar-refractivity contribution < 1.29 is 19.2 Å². The van der Waals surface area contributed by atoms with E-state index >= 15 is 0 Å². The Morgan fingerprint density at radius 2 is 2.13 bits per heavy atom. The van der Waals surface area contributed by atoms with Crippen molar-refractivity contribution in [2.75, 3.05) is 19.8 Å². The number of morpholine rings is 1. The van der Waals surface area contributed by atoms with E-state index in [9.17, 15) is 14.9 Å². The minimum atomic E-state index is -0.579. The van der Waals surface area contributed by atoms with Crippen LogP contribution in [0.4, 0.5) is 10.5 Å². The van der Waals surface area contributed by atoms with E-state index < -0.39 is 16.6 Å². The van der Waals surface area contributed by atoms with Crippen molar-refractivity contribution in [2.24, 2.45) is 0 Å². The molecule has 0 spiro atoms. The molecule has 7 heteroatoms. The van der Waals surface area contributed by atoms with Crippen molar-refractivity contribution >= 4 is 11.8 Å². The molecule has 0 aliphatic carbocycles. The molecule has 1 amide bonds. The maximum atomic E-state index is 12.4. The van der Waals surface area contributed by atoms with Crippen molar-refractivity contribution in [3.63, 3.8) is 0 Å². The van der Waals surface area contributed by atoms with Crippen molar-refractivity contribution in [1.82, 2.24) is 4.90 Å². The van der Waals surface area contributed by atoms with Gasteiger partial charge >= 0.3 is 6.09 Å². The molecule has 1 aromatic rings. The number of ether oxygens (including phenoxy) is 2. The molecule has 126 valence electrons. The van der Waals surface area contributed by atoms with Gasteiger partial charge in [0.15, 0.2) is 0 Å². The first kappa shape index (κ1) is 17.2. The molecule has 1 saturated heterocycles. The number of nitro groups is 1. The van der Waals surface area contributed by atoms with Crippen molar-refractivity contribution in [1.29, 1.82) is 0 Å². The van der Waals surface area contributed by atoms with E-state index in [1.165, 1.54) is 12.1 Å². The molecule has 0 saturated carbocycles. The second-order valence-electron chi connectivity index (χ2n) is 6.56. The number of nitrogens with zero attached hydrogens (tertiary/aromatic N) is 2. The minimum absolute atomic E-state index is 0.0341. The first-order valence-corrected chi connectivity index (χ1v) is 7.51. The fourth-order valence-corrected chi connectivity index (χ4v) is 2.55. The second-order valence-corrected chi connectivity index (χ2v) is 6.56. The summed E-state index contributed by atoms with van der Waals surface area (Å²) in [4.78, 5) is 24.5. The Balaban J connectivity index is 2.28. The zero-order valence-electron chi connectivity index (χ0n) is 13.9. The zero-order valence-corrected chi connectivity index (χ0v) is 13.9. The number of hydrogen-bond acceptors (Lipinski definition) is 5. The third-order valence-corrected chi connectivity index (χ3v) is 3.58. The van der Waals surface area contributed by atoms with Crippen LogP contribution < -0.4 is 0 Å². The number of amides is 1. The summed E-state index contributed by atoms with van der Waals surface area (Å²) in [5, 5.41) is 10.9. The molecule has 2 rings (SSSR count). The molecule has 1 aliphatic heterocycles.